The Morgan fingerprint density at radius 3 is 1.88 bits per heavy atom. The standard InChI is InChI=1S/C39H41FN4O4.3ClH/c1-45-34-10-8-32(9-11-34)44(26-28-13-17-41-35(21-28)29-6-5-7-31(40)22-29)33-14-18-43(19-15-33)25-27-12-16-42-36(20-27)30-23-37(46-2)39(48-4)38(24-30)47-3;;;/h5-13,16-17,20-24,33H,14-15,18-19,25-26H2,1-4H3;3*1H. The number of rotatable bonds is 12. The number of hydrogen-bond donors (Lipinski definition) is 0. The lowest BCUT2D eigenvalue weighted by Crippen LogP contribution is -2.44. The number of aromatic nitrogens is 2. The Bertz CT molecular complexity index is 1820. The van der Waals surface area contributed by atoms with Crippen LogP contribution >= 0.6 is 37.2 Å². The number of benzene rings is 3. The van der Waals surface area contributed by atoms with Crippen molar-refractivity contribution in [2.24, 2.45) is 0 Å². The number of methoxy groups -OCH3 is 4. The molecule has 8 nitrogen and oxygen atoms in total. The smallest absolute Gasteiger partial charge is 0.203 e. The molecule has 2 aromatic heterocycles. The molecule has 51 heavy (non-hydrogen) atoms. The number of hydrogen-bond acceptors (Lipinski definition) is 8. The van der Waals surface area contributed by atoms with Crippen LogP contribution in [0.25, 0.3) is 22.5 Å². The first kappa shape index (κ1) is 41.1. The van der Waals surface area contributed by atoms with Crippen LogP contribution < -0.4 is 23.8 Å². The van der Waals surface area contributed by atoms with E-state index in [-0.39, 0.29) is 43.0 Å². The Labute approximate surface area is 318 Å². The molecular weight excluding hydrogens is 714 g/mol. The van der Waals surface area contributed by atoms with Gasteiger partial charge in [0.15, 0.2) is 11.5 Å². The van der Waals surface area contributed by atoms with Gasteiger partial charge in [0.25, 0.3) is 0 Å². The molecule has 12 heteroatoms. The number of likely N-dealkylation sites (tertiary alicyclic amines) is 1. The highest BCUT2D eigenvalue weighted by Gasteiger charge is 2.26. The molecule has 3 aromatic carbocycles. The molecule has 3 heterocycles. The first-order valence-electron chi connectivity index (χ1n) is 16.1. The van der Waals surface area contributed by atoms with E-state index in [9.17, 15) is 4.39 Å². The third-order valence-corrected chi connectivity index (χ3v) is 8.89. The van der Waals surface area contributed by atoms with Gasteiger partial charge >= 0.3 is 0 Å². The van der Waals surface area contributed by atoms with Gasteiger partial charge in [-0.05, 0) is 96.8 Å². The van der Waals surface area contributed by atoms with E-state index in [0.29, 0.717) is 29.8 Å². The maximum Gasteiger partial charge on any atom is 0.203 e. The van der Waals surface area contributed by atoms with E-state index < -0.39 is 0 Å². The molecular formula is C39H44Cl3FN4O4. The van der Waals surface area contributed by atoms with E-state index in [1.807, 2.05) is 48.8 Å². The molecule has 272 valence electrons. The van der Waals surface area contributed by atoms with Crippen LogP contribution in [0.2, 0.25) is 0 Å². The monoisotopic (exact) mass is 756 g/mol. The van der Waals surface area contributed by atoms with Gasteiger partial charge in [-0.15, -0.1) is 37.2 Å². The van der Waals surface area contributed by atoms with Gasteiger partial charge in [-0.1, -0.05) is 12.1 Å². The third-order valence-electron chi connectivity index (χ3n) is 8.89. The molecule has 0 N–H and O–H groups in total. The molecule has 0 radical (unpaired) electrons. The largest absolute Gasteiger partial charge is 0.497 e. The maximum atomic E-state index is 14.0. The predicted octanol–water partition coefficient (Wildman–Crippen LogP) is 8.92. The fraction of sp³-hybridized carbons (Fsp3) is 0.282. The summed E-state index contributed by atoms with van der Waals surface area (Å²) < 4.78 is 36.0. The minimum absolute atomic E-state index is 0. The van der Waals surface area contributed by atoms with Gasteiger partial charge in [-0.2, -0.15) is 0 Å². The van der Waals surface area contributed by atoms with Crippen molar-refractivity contribution in [3.63, 3.8) is 0 Å². The molecule has 0 amide bonds. The Morgan fingerprint density at radius 2 is 1.29 bits per heavy atom. The zero-order valence-corrected chi connectivity index (χ0v) is 31.5. The summed E-state index contributed by atoms with van der Waals surface area (Å²) in [4.78, 5) is 14.2. The Morgan fingerprint density at radius 1 is 0.686 bits per heavy atom. The summed E-state index contributed by atoms with van der Waals surface area (Å²) >= 11 is 0. The van der Waals surface area contributed by atoms with Crippen LogP contribution in [0.4, 0.5) is 10.1 Å². The van der Waals surface area contributed by atoms with E-state index in [2.05, 4.69) is 50.1 Å². The summed E-state index contributed by atoms with van der Waals surface area (Å²) in [5, 5.41) is 0. The molecule has 1 aliphatic rings. The van der Waals surface area contributed by atoms with E-state index in [4.69, 9.17) is 18.9 Å². The van der Waals surface area contributed by atoms with Gasteiger partial charge in [0.05, 0.1) is 39.8 Å². The van der Waals surface area contributed by atoms with E-state index in [0.717, 1.165) is 72.0 Å². The van der Waals surface area contributed by atoms with Crippen molar-refractivity contribution in [2.75, 3.05) is 46.4 Å². The van der Waals surface area contributed by atoms with Crippen LogP contribution in [-0.2, 0) is 13.1 Å². The maximum absolute atomic E-state index is 14.0. The van der Waals surface area contributed by atoms with Crippen LogP contribution in [0.3, 0.4) is 0 Å². The van der Waals surface area contributed by atoms with Crippen LogP contribution in [0.5, 0.6) is 23.0 Å². The lowest BCUT2D eigenvalue weighted by Gasteiger charge is -2.40. The van der Waals surface area contributed by atoms with Crippen LogP contribution in [0.15, 0.2) is 97.3 Å². The second-order valence-electron chi connectivity index (χ2n) is 11.9. The summed E-state index contributed by atoms with van der Waals surface area (Å²) in [7, 11) is 6.52. The van der Waals surface area contributed by atoms with Gasteiger partial charge in [0.2, 0.25) is 5.75 Å². The summed E-state index contributed by atoms with van der Waals surface area (Å²) in [5.41, 5.74) is 6.74. The van der Waals surface area contributed by atoms with Crippen molar-refractivity contribution in [3.05, 3.63) is 114 Å². The number of nitrogens with zero attached hydrogens (tertiary/aromatic N) is 4. The zero-order chi connectivity index (χ0) is 33.5. The zero-order valence-electron chi connectivity index (χ0n) is 29.1. The number of pyridine rings is 2. The molecule has 6 rings (SSSR count). The van der Waals surface area contributed by atoms with Gasteiger partial charge in [-0.25, -0.2) is 4.39 Å². The summed E-state index contributed by atoms with van der Waals surface area (Å²) in [5.74, 6) is 2.31. The minimum Gasteiger partial charge on any atom is -0.497 e. The Hall–Kier alpha value is -4.28. The number of anilines is 1. The SMILES string of the molecule is COc1ccc(N(Cc2ccnc(-c3cccc(F)c3)c2)C2CCN(Cc3ccnc(-c4cc(OC)c(OC)c(OC)c4)c3)CC2)cc1.Cl.Cl.Cl. The normalized spacial score (nSPS) is 12.8. The second-order valence-corrected chi connectivity index (χ2v) is 11.9. The van der Waals surface area contributed by atoms with E-state index in [1.54, 1.807) is 34.5 Å². The Kier molecular flexibility index (Phi) is 15.6. The summed E-state index contributed by atoms with van der Waals surface area (Å²) in [6.45, 7) is 3.47. The van der Waals surface area contributed by atoms with Crippen molar-refractivity contribution < 1.29 is 23.3 Å². The molecule has 1 saturated heterocycles. The minimum atomic E-state index is -0.268. The quantitative estimate of drug-likeness (QED) is 0.125. The Balaban J connectivity index is 0.00000234. The highest BCUT2D eigenvalue weighted by Crippen LogP contribution is 2.41. The van der Waals surface area contributed by atoms with Gasteiger partial charge in [0.1, 0.15) is 11.6 Å². The first-order chi connectivity index (χ1) is 23.5. The van der Waals surface area contributed by atoms with Crippen LogP contribution in [0.1, 0.15) is 24.0 Å². The van der Waals surface area contributed by atoms with Gasteiger partial charge in [0, 0.05) is 61.4 Å². The highest BCUT2D eigenvalue weighted by molar-refractivity contribution is 5.86. The predicted molar refractivity (Wildman–Crippen MR) is 208 cm³/mol. The molecule has 0 aliphatic carbocycles. The van der Waals surface area contributed by atoms with Crippen LogP contribution in [-0.4, -0.2) is 62.4 Å². The van der Waals surface area contributed by atoms with Gasteiger partial charge < -0.3 is 23.8 Å². The van der Waals surface area contributed by atoms with E-state index in [1.165, 1.54) is 17.7 Å². The lowest BCUT2D eigenvalue weighted by atomic mass is 10.00. The molecule has 0 saturated carbocycles. The van der Waals surface area contributed by atoms with Crippen molar-refractivity contribution in [3.8, 4) is 45.5 Å². The third kappa shape index (κ3) is 9.95. The first-order valence-corrected chi connectivity index (χ1v) is 16.1. The van der Waals surface area contributed by atoms with Crippen LogP contribution in [0, 0.1) is 5.82 Å². The average Bonchev–Trinajstić information content (AvgIpc) is 3.14. The van der Waals surface area contributed by atoms with Gasteiger partial charge in [-0.3, -0.25) is 14.9 Å². The van der Waals surface area contributed by atoms with Crippen molar-refractivity contribution in [2.45, 2.75) is 32.0 Å². The van der Waals surface area contributed by atoms with E-state index >= 15 is 0 Å². The fourth-order valence-electron chi connectivity index (χ4n) is 6.39. The molecule has 1 aliphatic heterocycles. The number of piperidine rings is 1. The molecule has 0 atom stereocenters. The van der Waals surface area contributed by atoms with Crippen molar-refractivity contribution in [1.82, 2.24) is 14.9 Å². The average molecular weight is 758 g/mol. The number of halogens is 4. The summed E-state index contributed by atoms with van der Waals surface area (Å²) in [6.07, 6.45) is 5.70. The second kappa shape index (κ2) is 19.4. The lowest BCUT2D eigenvalue weighted by molar-refractivity contribution is 0.201. The molecule has 5 aromatic rings. The summed E-state index contributed by atoms with van der Waals surface area (Å²) in [6, 6.07) is 27.4. The highest BCUT2D eigenvalue weighted by atomic mass is 35.5. The van der Waals surface area contributed by atoms with Crippen molar-refractivity contribution in [1.29, 1.82) is 0 Å². The topological polar surface area (TPSA) is 69.2 Å². The molecule has 1 fully saturated rings. The fourth-order valence-corrected chi connectivity index (χ4v) is 6.39. The number of ether oxygens (including phenoxy) is 4. The van der Waals surface area contributed by atoms with Crippen molar-refractivity contribution >= 4 is 42.9 Å². The molecule has 0 spiro atoms. The molecule has 0 bridgehead atoms. The molecule has 0 unspecified atom stereocenters.